The van der Waals surface area contributed by atoms with Crippen molar-refractivity contribution in [3.05, 3.63) is 48.7 Å². The second kappa shape index (κ2) is 5.92. The highest BCUT2D eigenvalue weighted by Crippen LogP contribution is 2.35. The van der Waals surface area contributed by atoms with Gasteiger partial charge in [0.1, 0.15) is 11.5 Å². The van der Waals surface area contributed by atoms with Crippen LogP contribution in [0.25, 0.3) is 5.70 Å². The molecule has 2 aromatic rings. The zero-order chi connectivity index (χ0) is 16.6. The molecule has 1 atom stereocenters. The van der Waals surface area contributed by atoms with Crippen LogP contribution in [0.4, 0.5) is 5.82 Å². The van der Waals surface area contributed by atoms with E-state index in [-0.39, 0.29) is 0 Å². The van der Waals surface area contributed by atoms with Gasteiger partial charge in [0.25, 0.3) is 0 Å². The summed E-state index contributed by atoms with van der Waals surface area (Å²) in [4.78, 5) is 8.76. The average molecular weight is 325 g/mol. The minimum Gasteiger partial charge on any atom is -0.337 e. The normalized spacial score (nSPS) is 29.3. The maximum atomic E-state index is 6.76. The monoisotopic (exact) mass is 325 g/mol. The number of nitrogens with one attached hydrogen (secondary N) is 2. The van der Waals surface area contributed by atoms with Crippen LogP contribution in [0, 0.1) is 5.92 Å². The van der Waals surface area contributed by atoms with Crippen LogP contribution in [0.3, 0.4) is 0 Å². The Bertz CT molecular complexity index is 730. The van der Waals surface area contributed by atoms with Crippen molar-refractivity contribution in [3.8, 4) is 0 Å². The molecule has 0 aromatic carbocycles. The Kier molecular flexibility index (Phi) is 3.74. The molecule has 0 saturated heterocycles. The lowest BCUT2D eigenvalue weighted by molar-refractivity contribution is 0.239. The fourth-order valence-electron chi connectivity index (χ4n) is 3.61. The molecule has 4 rings (SSSR count). The van der Waals surface area contributed by atoms with Gasteiger partial charge in [-0.3, -0.25) is 0 Å². The topological polar surface area (TPSA) is 107 Å². The number of hydrogen-bond acceptors (Lipinski definition) is 6. The van der Waals surface area contributed by atoms with Gasteiger partial charge in [0, 0.05) is 30.6 Å². The van der Waals surface area contributed by atoms with Crippen molar-refractivity contribution in [2.75, 3.05) is 10.7 Å². The van der Waals surface area contributed by atoms with Crippen molar-refractivity contribution in [2.24, 2.45) is 17.4 Å². The number of anilines is 1. The summed E-state index contributed by atoms with van der Waals surface area (Å²) in [6.45, 7) is 0. The van der Waals surface area contributed by atoms with Crippen LogP contribution in [0.2, 0.25) is 0 Å². The van der Waals surface area contributed by atoms with Gasteiger partial charge >= 0.3 is 0 Å². The van der Waals surface area contributed by atoms with Gasteiger partial charge in [-0.25, -0.2) is 14.6 Å². The molecule has 24 heavy (non-hydrogen) atoms. The lowest BCUT2D eigenvalue weighted by Gasteiger charge is -2.42. The highest BCUT2D eigenvalue weighted by Gasteiger charge is 2.39. The van der Waals surface area contributed by atoms with E-state index < -0.39 is 5.66 Å². The molecule has 6 N–H and O–H groups in total. The summed E-state index contributed by atoms with van der Waals surface area (Å²) in [5, 5.41) is 3.35. The highest BCUT2D eigenvalue weighted by atomic mass is 15.5. The standard InChI is InChI=1S/C17H23N7/c18-13-6-4-12(5-7-13)17(19)11-14(16-21-9-10-24(16)23-17)22-15-3-1-2-8-20-15/h1-3,8-13,23H,4-7,18-19H2,(H,20,22). The summed E-state index contributed by atoms with van der Waals surface area (Å²) in [6.07, 6.45) is 11.5. The van der Waals surface area contributed by atoms with Crippen LogP contribution in [0.1, 0.15) is 31.5 Å². The zero-order valence-corrected chi connectivity index (χ0v) is 13.5. The van der Waals surface area contributed by atoms with Crippen LogP contribution in [0.15, 0.2) is 42.9 Å². The molecule has 2 aliphatic rings. The summed E-state index contributed by atoms with van der Waals surface area (Å²) in [5.74, 6) is 1.90. The van der Waals surface area contributed by atoms with Gasteiger partial charge in [-0.1, -0.05) is 6.07 Å². The van der Waals surface area contributed by atoms with Gasteiger partial charge in [-0.2, -0.15) is 0 Å². The van der Waals surface area contributed by atoms with Crippen molar-refractivity contribution in [3.63, 3.8) is 0 Å². The second-order valence-electron chi connectivity index (χ2n) is 6.68. The third-order valence-electron chi connectivity index (χ3n) is 4.95. The number of nitrogens with zero attached hydrogens (tertiary/aromatic N) is 3. The van der Waals surface area contributed by atoms with Crippen molar-refractivity contribution in [1.82, 2.24) is 14.6 Å². The van der Waals surface area contributed by atoms with Crippen molar-refractivity contribution >= 4 is 11.5 Å². The lowest BCUT2D eigenvalue weighted by atomic mass is 9.78. The summed E-state index contributed by atoms with van der Waals surface area (Å²) < 4.78 is 1.89. The number of hydrogen-bond donors (Lipinski definition) is 4. The molecule has 0 bridgehead atoms. The van der Waals surface area contributed by atoms with E-state index in [1.165, 1.54) is 0 Å². The van der Waals surface area contributed by atoms with Gasteiger partial charge in [0.05, 0.1) is 5.70 Å². The van der Waals surface area contributed by atoms with Gasteiger partial charge in [-0.15, -0.1) is 0 Å². The third kappa shape index (κ3) is 2.76. The Morgan fingerprint density at radius 3 is 2.75 bits per heavy atom. The van der Waals surface area contributed by atoms with Crippen LogP contribution in [0.5, 0.6) is 0 Å². The first kappa shape index (κ1) is 15.2. The summed E-state index contributed by atoms with van der Waals surface area (Å²) in [6, 6.07) is 6.06. The molecular weight excluding hydrogens is 302 g/mol. The SMILES string of the molecule is NC1CCC(C2(N)C=C(Nc3ccccn3)c3nccn3N2)CC1. The number of rotatable bonds is 3. The van der Waals surface area contributed by atoms with E-state index in [4.69, 9.17) is 11.5 Å². The number of nitrogens with two attached hydrogens (primary N) is 2. The molecule has 1 unspecified atom stereocenters. The zero-order valence-electron chi connectivity index (χ0n) is 13.5. The molecule has 2 aromatic heterocycles. The minimum atomic E-state index is -0.634. The molecule has 1 aliphatic carbocycles. The van der Waals surface area contributed by atoms with Crippen molar-refractivity contribution in [2.45, 2.75) is 37.4 Å². The second-order valence-corrected chi connectivity index (χ2v) is 6.68. The van der Waals surface area contributed by atoms with E-state index in [0.29, 0.717) is 12.0 Å². The van der Waals surface area contributed by atoms with E-state index in [1.807, 2.05) is 35.1 Å². The lowest BCUT2D eigenvalue weighted by Crippen LogP contribution is -2.58. The van der Waals surface area contributed by atoms with E-state index in [9.17, 15) is 0 Å². The maximum absolute atomic E-state index is 6.76. The summed E-state index contributed by atoms with van der Waals surface area (Å²) >= 11 is 0. The largest absolute Gasteiger partial charge is 0.337 e. The summed E-state index contributed by atoms with van der Waals surface area (Å²) in [5.41, 5.74) is 16.5. The fraction of sp³-hybridized carbons (Fsp3) is 0.412. The molecule has 126 valence electrons. The van der Waals surface area contributed by atoms with Gasteiger partial charge in [0.2, 0.25) is 0 Å². The van der Waals surface area contributed by atoms with E-state index >= 15 is 0 Å². The Hall–Kier alpha value is -2.38. The number of imidazole rings is 1. The highest BCUT2D eigenvalue weighted by molar-refractivity contribution is 5.74. The minimum absolute atomic E-state index is 0.298. The Morgan fingerprint density at radius 2 is 2.00 bits per heavy atom. The molecule has 1 saturated carbocycles. The molecule has 7 heteroatoms. The average Bonchev–Trinajstić information content (AvgIpc) is 3.04. The van der Waals surface area contributed by atoms with Crippen LogP contribution in [-0.2, 0) is 0 Å². The summed E-state index contributed by atoms with van der Waals surface area (Å²) in [7, 11) is 0. The third-order valence-corrected chi connectivity index (χ3v) is 4.95. The van der Waals surface area contributed by atoms with E-state index in [0.717, 1.165) is 43.0 Å². The van der Waals surface area contributed by atoms with Crippen LogP contribution in [-0.4, -0.2) is 26.3 Å². The predicted octanol–water partition coefficient (Wildman–Crippen LogP) is 1.46. The molecule has 1 aliphatic heterocycles. The number of aromatic nitrogens is 3. The van der Waals surface area contributed by atoms with Crippen molar-refractivity contribution < 1.29 is 0 Å². The van der Waals surface area contributed by atoms with Gasteiger partial charge in [0.15, 0.2) is 5.82 Å². The first-order chi connectivity index (χ1) is 11.6. The van der Waals surface area contributed by atoms with Crippen LogP contribution < -0.4 is 22.2 Å². The smallest absolute Gasteiger partial charge is 0.175 e. The molecule has 0 amide bonds. The molecular formula is C17H23N7. The maximum Gasteiger partial charge on any atom is 0.175 e. The predicted molar refractivity (Wildman–Crippen MR) is 94.3 cm³/mol. The van der Waals surface area contributed by atoms with Crippen molar-refractivity contribution in [1.29, 1.82) is 0 Å². The number of pyridine rings is 1. The molecule has 3 heterocycles. The van der Waals surface area contributed by atoms with Gasteiger partial charge in [-0.05, 0) is 43.9 Å². The van der Waals surface area contributed by atoms with E-state index in [2.05, 4.69) is 20.7 Å². The molecule has 0 spiro atoms. The Labute approximate surface area is 141 Å². The molecule has 0 radical (unpaired) electrons. The van der Waals surface area contributed by atoms with E-state index in [1.54, 1.807) is 12.4 Å². The quantitative estimate of drug-likeness (QED) is 0.681. The van der Waals surface area contributed by atoms with Crippen LogP contribution >= 0.6 is 0 Å². The first-order valence-electron chi connectivity index (χ1n) is 8.41. The molecule has 7 nitrogen and oxygen atoms in total. The molecule has 1 fully saturated rings. The Morgan fingerprint density at radius 1 is 1.17 bits per heavy atom. The number of fused-ring (bicyclic) bond motifs is 1. The van der Waals surface area contributed by atoms with Gasteiger partial charge < -0.3 is 22.2 Å². The fourth-order valence-corrected chi connectivity index (χ4v) is 3.61. The first-order valence-corrected chi connectivity index (χ1v) is 8.41. The Balaban J connectivity index is 1.65.